The van der Waals surface area contributed by atoms with Crippen LogP contribution in [0.4, 0.5) is 11.4 Å². The highest BCUT2D eigenvalue weighted by atomic mass is 16.8. The summed E-state index contributed by atoms with van der Waals surface area (Å²) in [5, 5.41) is 20.4. The van der Waals surface area contributed by atoms with Crippen molar-refractivity contribution in [1.82, 2.24) is 0 Å². The highest BCUT2D eigenvalue weighted by Crippen LogP contribution is 2.61. The third-order valence-electron chi connectivity index (χ3n) is 7.32. The van der Waals surface area contributed by atoms with E-state index < -0.39 is 11.8 Å². The summed E-state index contributed by atoms with van der Waals surface area (Å²) in [4.78, 5) is 28.7. The summed E-state index contributed by atoms with van der Waals surface area (Å²) in [6.45, 7) is 2.11. The van der Waals surface area contributed by atoms with Crippen LogP contribution < -0.4 is 10.1 Å². The van der Waals surface area contributed by atoms with Crippen molar-refractivity contribution in [3.8, 4) is 0 Å². The summed E-state index contributed by atoms with van der Waals surface area (Å²) < 4.78 is 0. The SMILES string of the molecule is CCc1ccc2c(c1)[C@@H]1c3ccccc3[C@@H]2[C@@H]2C(=O)N(c3cccc(N([O-])O)c3)C(=O)[C@H]12. The number of carbonyl (C=O) groups excluding carboxylic acids is 2. The summed E-state index contributed by atoms with van der Waals surface area (Å²) in [6.07, 6.45) is 0.902. The average molecular weight is 425 g/mol. The van der Waals surface area contributed by atoms with Crippen LogP contribution in [0.3, 0.4) is 0 Å². The minimum absolute atomic E-state index is 0.0277. The monoisotopic (exact) mass is 425 g/mol. The van der Waals surface area contributed by atoms with Gasteiger partial charge in [0.25, 0.3) is 0 Å². The van der Waals surface area contributed by atoms with E-state index in [0.717, 1.165) is 28.7 Å². The van der Waals surface area contributed by atoms with Crippen molar-refractivity contribution in [3.05, 3.63) is 99.8 Å². The Morgan fingerprint density at radius 1 is 0.844 bits per heavy atom. The van der Waals surface area contributed by atoms with E-state index in [9.17, 15) is 20.0 Å². The number of benzene rings is 3. The van der Waals surface area contributed by atoms with Crippen LogP contribution in [0.1, 0.15) is 46.6 Å². The quantitative estimate of drug-likeness (QED) is 0.499. The van der Waals surface area contributed by atoms with Crippen molar-refractivity contribution < 1.29 is 14.8 Å². The molecule has 3 aliphatic carbocycles. The maximum Gasteiger partial charge on any atom is 0.238 e. The second kappa shape index (κ2) is 6.76. The van der Waals surface area contributed by atoms with Crippen LogP contribution in [-0.2, 0) is 16.0 Å². The van der Waals surface area contributed by atoms with Crippen molar-refractivity contribution >= 4 is 23.2 Å². The van der Waals surface area contributed by atoms with Crippen LogP contribution in [0.25, 0.3) is 0 Å². The van der Waals surface area contributed by atoms with Gasteiger partial charge in [0, 0.05) is 11.8 Å². The Kier molecular flexibility index (Phi) is 4.06. The summed E-state index contributed by atoms with van der Waals surface area (Å²) in [5.41, 5.74) is 6.01. The predicted octanol–water partition coefficient (Wildman–Crippen LogP) is 4.34. The highest BCUT2D eigenvalue weighted by molar-refractivity contribution is 6.23. The standard InChI is InChI=1S/C26H21N2O4/c1-2-14-10-11-19-20(12-14)22-18-9-4-3-8-17(18)21(19)23-24(22)26(30)27(25(23)29)15-6-5-7-16(13-15)28(31)32/h3-13,21-24,31H,2H2,1H3/q-1/t21-,22-,23-,24+/m0/s1. The maximum atomic E-state index is 13.7. The van der Waals surface area contributed by atoms with Gasteiger partial charge in [0.05, 0.1) is 23.2 Å². The van der Waals surface area contributed by atoms with E-state index in [1.807, 2.05) is 12.1 Å². The summed E-state index contributed by atoms with van der Waals surface area (Å²) in [7, 11) is 0. The highest BCUT2D eigenvalue weighted by Gasteiger charge is 2.61. The van der Waals surface area contributed by atoms with Gasteiger partial charge in [-0.1, -0.05) is 55.5 Å². The summed E-state index contributed by atoms with van der Waals surface area (Å²) >= 11 is 0. The first-order valence-corrected chi connectivity index (χ1v) is 10.9. The van der Waals surface area contributed by atoms with Gasteiger partial charge in [-0.2, -0.15) is 0 Å². The Bertz CT molecular complexity index is 1280. The molecule has 1 heterocycles. The van der Waals surface area contributed by atoms with Crippen LogP contribution in [0.2, 0.25) is 0 Å². The minimum atomic E-state index is -0.483. The summed E-state index contributed by atoms with van der Waals surface area (Å²) in [6, 6.07) is 20.5. The molecule has 1 N–H and O–H groups in total. The fourth-order valence-electron chi connectivity index (χ4n) is 6.00. The first-order chi connectivity index (χ1) is 15.5. The first-order valence-electron chi connectivity index (χ1n) is 10.9. The number of rotatable bonds is 3. The molecule has 6 heteroatoms. The van der Waals surface area contributed by atoms with E-state index in [-0.39, 0.29) is 34.6 Å². The van der Waals surface area contributed by atoms with Gasteiger partial charge in [-0.15, -0.1) is 0 Å². The molecule has 0 radical (unpaired) electrons. The third kappa shape index (κ3) is 2.42. The van der Waals surface area contributed by atoms with Gasteiger partial charge in [0.2, 0.25) is 11.8 Å². The molecule has 0 aromatic heterocycles. The van der Waals surface area contributed by atoms with Gasteiger partial charge in [-0.05, 0) is 52.4 Å². The molecule has 0 spiro atoms. The van der Waals surface area contributed by atoms with Crippen molar-refractivity contribution in [3.63, 3.8) is 0 Å². The second-order valence-electron chi connectivity index (χ2n) is 8.76. The number of carbonyl (C=O) groups is 2. The lowest BCUT2D eigenvalue weighted by molar-refractivity contribution is -0.122. The van der Waals surface area contributed by atoms with Crippen LogP contribution in [-0.4, -0.2) is 17.0 Å². The van der Waals surface area contributed by atoms with E-state index >= 15 is 0 Å². The fraction of sp³-hybridized carbons (Fsp3) is 0.231. The number of hydrogen-bond donors (Lipinski definition) is 1. The van der Waals surface area contributed by atoms with Gasteiger partial charge in [0.15, 0.2) is 0 Å². The zero-order valence-corrected chi connectivity index (χ0v) is 17.4. The number of imide groups is 1. The Labute approximate surface area is 185 Å². The maximum absolute atomic E-state index is 13.7. The molecule has 3 aromatic carbocycles. The van der Waals surface area contributed by atoms with E-state index in [1.54, 1.807) is 12.1 Å². The molecule has 1 saturated heterocycles. The lowest BCUT2D eigenvalue weighted by Gasteiger charge is -2.46. The molecule has 2 bridgehead atoms. The molecule has 7 rings (SSSR count). The minimum Gasteiger partial charge on any atom is -0.733 e. The summed E-state index contributed by atoms with van der Waals surface area (Å²) in [5.74, 6) is -1.82. The zero-order valence-electron chi connectivity index (χ0n) is 17.4. The molecule has 6 nitrogen and oxygen atoms in total. The van der Waals surface area contributed by atoms with Crippen LogP contribution >= 0.6 is 0 Å². The topological polar surface area (TPSA) is 83.9 Å². The fourth-order valence-corrected chi connectivity index (χ4v) is 6.00. The number of anilines is 2. The molecular formula is C26H21N2O4-. The molecule has 2 amide bonds. The number of amides is 2. The Hall–Kier alpha value is -3.48. The smallest absolute Gasteiger partial charge is 0.238 e. The van der Waals surface area contributed by atoms with Crippen LogP contribution in [0.15, 0.2) is 66.7 Å². The number of hydrogen-bond acceptors (Lipinski definition) is 5. The Morgan fingerprint density at radius 2 is 1.47 bits per heavy atom. The van der Waals surface area contributed by atoms with Gasteiger partial charge < -0.3 is 10.4 Å². The van der Waals surface area contributed by atoms with Gasteiger partial charge in [-0.25, -0.2) is 4.90 Å². The van der Waals surface area contributed by atoms with Gasteiger partial charge in [0.1, 0.15) is 0 Å². The Morgan fingerprint density at radius 3 is 2.09 bits per heavy atom. The Balaban J connectivity index is 1.53. The van der Waals surface area contributed by atoms with Crippen molar-refractivity contribution in [2.24, 2.45) is 11.8 Å². The molecule has 4 aliphatic rings. The van der Waals surface area contributed by atoms with E-state index in [0.29, 0.717) is 5.69 Å². The number of nitrogens with zero attached hydrogens (tertiary/aromatic N) is 2. The molecule has 32 heavy (non-hydrogen) atoms. The zero-order chi connectivity index (χ0) is 22.1. The van der Waals surface area contributed by atoms with E-state index in [1.165, 1.54) is 22.6 Å². The molecule has 4 atom stereocenters. The second-order valence-corrected chi connectivity index (χ2v) is 8.76. The molecule has 160 valence electrons. The van der Waals surface area contributed by atoms with Crippen LogP contribution in [0, 0.1) is 17.0 Å². The van der Waals surface area contributed by atoms with Gasteiger partial charge in [-0.3, -0.25) is 14.8 Å². The van der Waals surface area contributed by atoms with E-state index in [2.05, 4.69) is 37.3 Å². The average Bonchev–Trinajstić information content (AvgIpc) is 3.09. The van der Waals surface area contributed by atoms with Crippen molar-refractivity contribution in [2.75, 3.05) is 10.1 Å². The van der Waals surface area contributed by atoms with E-state index in [4.69, 9.17) is 0 Å². The molecule has 0 saturated carbocycles. The lowest BCUT2D eigenvalue weighted by Crippen LogP contribution is -2.41. The van der Waals surface area contributed by atoms with Crippen molar-refractivity contribution in [2.45, 2.75) is 25.2 Å². The molecule has 3 aromatic rings. The van der Waals surface area contributed by atoms with Crippen LogP contribution in [0.5, 0.6) is 0 Å². The molecule has 1 aliphatic heterocycles. The predicted molar refractivity (Wildman–Crippen MR) is 119 cm³/mol. The number of aryl methyl sites for hydroxylation is 1. The van der Waals surface area contributed by atoms with Gasteiger partial charge >= 0.3 is 0 Å². The first kappa shape index (κ1) is 19.2. The largest absolute Gasteiger partial charge is 0.733 e. The van der Waals surface area contributed by atoms with Crippen molar-refractivity contribution in [1.29, 1.82) is 0 Å². The molecule has 1 fully saturated rings. The normalized spacial score (nSPS) is 24.9. The molecular weight excluding hydrogens is 404 g/mol. The molecule has 0 unspecified atom stereocenters. The third-order valence-corrected chi connectivity index (χ3v) is 7.32. The lowest BCUT2D eigenvalue weighted by atomic mass is 9.55.